The number of halogens is 1. The van der Waals surface area contributed by atoms with Crippen LogP contribution >= 0.6 is 11.6 Å². The molecule has 0 spiro atoms. The molecule has 5 heteroatoms. The third kappa shape index (κ3) is 2.40. The average molecular weight is 304 g/mol. The lowest BCUT2D eigenvalue weighted by Gasteiger charge is -2.05. The zero-order valence-electron chi connectivity index (χ0n) is 10.3. The maximum atomic E-state index is 12.3. The predicted molar refractivity (Wildman–Crippen MR) is 80.9 cm³/mol. The molecule has 0 aromatic heterocycles. The van der Waals surface area contributed by atoms with Gasteiger partial charge in [0, 0.05) is 10.7 Å². The molecule has 1 atom stereocenters. The van der Waals surface area contributed by atoms with Gasteiger partial charge in [-0.3, -0.25) is 4.79 Å². The van der Waals surface area contributed by atoms with E-state index in [1.165, 1.54) is 0 Å². The molecule has 2 aromatic carbocycles. The van der Waals surface area contributed by atoms with E-state index < -0.39 is 10.8 Å². The first-order valence-electron chi connectivity index (χ1n) is 5.94. The summed E-state index contributed by atoms with van der Waals surface area (Å²) >= 11 is 5.86. The highest BCUT2D eigenvalue weighted by Gasteiger charge is 2.26. The summed E-state index contributed by atoms with van der Waals surface area (Å²) in [5.74, 6) is -0.373. The highest BCUT2D eigenvalue weighted by atomic mass is 35.5. The number of carbonyl (C=O) groups is 1. The van der Waals surface area contributed by atoms with E-state index in [1.807, 2.05) is 18.2 Å². The molecule has 100 valence electrons. The van der Waals surface area contributed by atoms with E-state index in [1.54, 1.807) is 36.4 Å². The second kappa shape index (κ2) is 5.23. The van der Waals surface area contributed by atoms with Crippen molar-refractivity contribution in [3.8, 4) is 0 Å². The maximum absolute atomic E-state index is 12.3. The van der Waals surface area contributed by atoms with E-state index in [0.717, 1.165) is 5.56 Å². The van der Waals surface area contributed by atoms with Crippen LogP contribution in [0.3, 0.4) is 0 Å². The van der Waals surface area contributed by atoms with E-state index in [2.05, 4.69) is 5.32 Å². The first-order chi connectivity index (χ1) is 9.65. The fourth-order valence-corrected chi connectivity index (χ4v) is 3.41. The quantitative estimate of drug-likeness (QED) is 0.923. The summed E-state index contributed by atoms with van der Waals surface area (Å²) in [6, 6.07) is 14.1. The Kier molecular flexibility index (Phi) is 3.42. The molecule has 0 fully saturated rings. The molecule has 1 aliphatic rings. The highest BCUT2D eigenvalue weighted by molar-refractivity contribution is 7.90. The molecular weight excluding hydrogens is 294 g/mol. The largest absolute Gasteiger partial charge is 0.321 e. The van der Waals surface area contributed by atoms with Crippen molar-refractivity contribution in [2.24, 2.45) is 0 Å². The van der Waals surface area contributed by atoms with E-state index in [0.29, 0.717) is 15.6 Å². The Hall–Kier alpha value is -1.91. The summed E-state index contributed by atoms with van der Waals surface area (Å²) in [4.78, 5) is 13.1. The van der Waals surface area contributed by atoms with Gasteiger partial charge in [0.05, 0.1) is 15.7 Å². The van der Waals surface area contributed by atoms with E-state index in [4.69, 9.17) is 11.6 Å². The van der Waals surface area contributed by atoms with Crippen molar-refractivity contribution in [3.63, 3.8) is 0 Å². The Bertz CT molecular complexity index is 755. The molecule has 20 heavy (non-hydrogen) atoms. The fourth-order valence-electron chi connectivity index (χ4n) is 1.99. The molecule has 1 aliphatic heterocycles. The number of anilines is 1. The zero-order chi connectivity index (χ0) is 14.1. The molecule has 1 N–H and O–H groups in total. The van der Waals surface area contributed by atoms with Gasteiger partial charge >= 0.3 is 0 Å². The Morgan fingerprint density at radius 1 is 1.10 bits per heavy atom. The molecular formula is C15H10ClNO2S. The summed E-state index contributed by atoms with van der Waals surface area (Å²) in [5, 5.41) is 3.24. The number of nitrogens with one attached hydrogen (secondary N) is 1. The van der Waals surface area contributed by atoms with Crippen molar-refractivity contribution in [3.05, 3.63) is 64.0 Å². The number of fused-ring (bicyclic) bond motifs is 1. The van der Waals surface area contributed by atoms with Crippen LogP contribution < -0.4 is 5.32 Å². The van der Waals surface area contributed by atoms with Gasteiger partial charge in [0.15, 0.2) is 0 Å². The standard InChI is InChI=1S/C15H10ClNO2S/c16-11-5-3-6-12(9-11)17-15(18)14-8-10-4-1-2-7-13(10)20(14)19/h1-9H,(H,17,18). The van der Waals surface area contributed by atoms with Gasteiger partial charge in [-0.2, -0.15) is 0 Å². The third-order valence-electron chi connectivity index (χ3n) is 2.91. The minimum Gasteiger partial charge on any atom is -0.321 e. The molecule has 0 aliphatic carbocycles. The van der Waals surface area contributed by atoms with Crippen LogP contribution in [-0.4, -0.2) is 10.1 Å². The van der Waals surface area contributed by atoms with Crippen molar-refractivity contribution >= 4 is 40.1 Å². The van der Waals surface area contributed by atoms with Crippen molar-refractivity contribution in [1.82, 2.24) is 0 Å². The molecule has 1 amide bonds. The normalized spacial score (nSPS) is 16.4. The molecule has 2 aromatic rings. The second-order valence-corrected chi connectivity index (χ2v) is 6.13. The van der Waals surface area contributed by atoms with E-state index in [-0.39, 0.29) is 10.8 Å². The van der Waals surface area contributed by atoms with Crippen LogP contribution in [-0.2, 0) is 15.6 Å². The number of amides is 1. The highest BCUT2D eigenvalue weighted by Crippen LogP contribution is 2.30. The summed E-state index contributed by atoms with van der Waals surface area (Å²) in [6.45, 7) is 0. The van der Waals surface area contributed by atoms with Gasteiger partial charge in [-0.25, -0.2) is 4.21 Å². The van der Waals surface area contributed by atoms with Crippen LogP contribution in [0.15, 0.2) is 58.3 Å². The number of benzene rings is 2. The maximum Gasteiger partial charge on any atom is 0.265 e. The Morgan fingerprint density at radius 2 is 1.90 bits per heavy atom. The molecule has 3 rings (SSSR count). The van der Waals surface area contributed by atoms with Crippen LogP contribution in [0.4, 0.5) is 5.69 Å². The van der Waals surface area contributed by atoms with Gasteiger partial charge in [0.2, 0.25) is 0 Å². The molecule has 0 bridgehead atoms. The Balaban J connectivity index is 1.85. The van der Waals surface area contributed by atoms with Gasteiger partial charge in [-0.15, -0.1) is 0 Å². The van der Waals surface area contributed by atoms with E-state index >= 15 is 0 Å². The fraction of sp³-hybridized carbons (Fsp3) is 0. The zero-order valence-corrected chi connectivity index (χ0v) is 11.9. The predicted octanol–water partition coefficient (Wildman–Crippen LogP) is 3.44. The monoisotopic (exact) mass is 303 g/mol. The van der Waals surface area contributed by atoms with Gasteiger partial charge in [-0.05, 0) is 35.9 Å². The topological polar surface area (TPSA) is 46.2 Å². The number of hydrogen-bond donors (Lipinski definition) is 1. The first kappa shape index (κ1) is 13.1. The SMILES string of the molecule is O=C(Nc1cccc(Cl)c1)C1=Cc2ccccc2S1=O. The number of hydrogen-bond acceptors (Lipinski definition) is 2. The summed E-state index contributed by atoms with van der Waals surface area (Å²) in [5.41, 5.74) is 1.40. The molecule has 3 nitrogen and oxygen atoms in total. The average Bonchev–Trinajstić information content (AvgIpc) is 2.77. The number of rotatable bonds is 2. The lowest BCUT2D eigenvalue weighted by molar-refractivity contribution is -0.112. The van der Waals surface area contributed by atoms with Gasteiger partial charge in [-0.1, -0.05) is 35.9 Å². The molecule has 1 unspecified atom stereocenters. The van der Waals surface area contributed by atoms with Crippen molar-refractivity contribution in [2.45, 2.75) is 4.90 Å². The lowest BCUT2D eigenvalue weighted by Crippen LogP contribution is -2.15. The van der Waals surface area contributed by atoms with Crippen LogP contribution in [0.1, 0.15) is 5.56 Å². The number of carbonyl (C=O) groups excluding carboxylic acids is 1. The Morgan fingerprint density at radius 3 is 2.65 bits per heavy atom. The second-order valence-electron chi connectivity index (χ2n) is 4.28. The van der Waals surface area contributed by atoms with Crippen LogP contribution in [0.25, 0.3) is 6.08 Å². The van der Waals surface area contributed by atoms with Crippen molar-refractivity contribution < 1.29 is 9.00 Å². The van der Waals surface area contributed by atoms with Crippen molar-refractivity contribution in [2.75, 3.05) is 5.32 Å². The molecule has 1 heterocycles. The van der Waals surface area contributed by atoms with Crippen LogP contribution in [0.5, 0.6) is 0 Å². The summed E-state index contributed by atoms with van der Waals surface area (Å²) < 4.78 is 12.3. The molecule has 0 radical (unpaired) electrons. The van der Waals surface area contributed by atoms with E-state index in [9.17, 15) is 9.00 Å². The minimum atomic E-state index is -1.43. The van der Waals surface area contributed by atoms with Crippen LogP contribution in [0, 0.1) is 0 Å². The third-order valence-corrected chi connectivity index (χ3v) is 4.62. The Labute approximate surface area is 123 Å². The van der Waals surface area contributed by atoms with Crippen molar-refractivity contribution in [1.29, 1.82) is 0 Å². The lowest BCUT2D eigenvalue weighted by atomic mass is 10.2. The van der Waals surface area contributed by atoms with Gasteiger partial charge < -0.3 is 5.32 Å². The summed E-state index contributed by atoms with van der Waals surface area (Å²) in [6.07, 6.45) is 1.66. The molecule has 0 saturated heterocycles. The van der Waals surface area contributed by atoms with Gasteiger partial charge in [0.25, 0.3) is 5.91 Å². The molecule has 0 saturated carbocycles. The minimum absolute atomic E-state index is 0.256. The summed E-state index contributed by atoms with van der Waals surface area (Å²) in [7, 11) is -1.43. The van der Waals surface area contributed by atoms with Crippen LogP contribution in [0.2, 0.25) is 5.02 Å². The first-order valence-corrected chi connectivity index (χ1v) is 7.47. The smallest absolute Gasteiger partial charge is 0.265 e. The van der Waals surface area contributed by atoms with Gasteiger partial charge in [0.1, 0.15) is 4.91 Å².